The molecule has 0 radical (unpaired) electrons. The van der Waals surface area contributed by atoms with E-state index in [0.29, 0.717) is 29.6 Å². The van der Waals surface area contributed by atoms with E-state index in [0.717, 1.165) is 47.7 Å². The number of hydrogen-bond donors (Lipinski definition) is 1. The fourth-order valence-corrected chi connectivity index (χ4v) is 6.00. The van der Waals surface area contributed by atoms with Crippen LogP contribution in [0.25, 0.3) is 17.2 Å². The largest absolute Gasteiger partial charge is 0.478 e. The van der Waals surface area contributed by atoms with E-state index in [9.17, 15) is 14.0 Å². The molecule has 0 spiro atoms. The summed E-state index contributed by atoms with van der Waals surface area (Å²) in [5, 5.41) is 9.00. The Morgan fingerprint density at radius 1 is 0.921 bits per heavy atom. The van der Waals surface area contributed by atoms with E-state index in [1.165, 1.54) is 24.6 Å². The van der Waals surface area contributed by atoms with Crippen molar-refractivity contribution in [3.05, 3.63) is 89.8 Å². The molecule has 1 amide bonds. The summed E-state index contributed by atoms with van der Waals surface area (Å²) in [5.41, 5.74) is 5.12. The predicted octanol–water partition coefficient (Wildman–Crippen LogP) is 6.63. The van der Waals surface area contributed by atoms with E-state index in [1.54, 1.807) is 11.0 Å². The Balaban J connectivity index is 1.43. The van der Waals surface area contributed by atoms with E-state index in [1.807, 2.05) is 38.4 Å². The van der Waals surface area contributed by atoms with Crippen LogP contribution in [0.1, 0.15) is 36.8 Å². The summed E-state index contributed by atoms with van der Waals surface area (Å²) in [5.74, 6) is -0.640. The lowest BCUT2D eigenvalue weighted by atomic mass is 9.87. The van der Waals surface area contributed by atoms with Gasteiger partial charge in [-0.1, -0.05) is 42.8 Å². The number of benzene rings is 3. The highest BCUT2D eigenvalue weighted by molar-refractivity contribution is 5.96. The smallest absolute Gasteiger partial charge is 0.328 e. The number of fused-ring (bicyclic) bond motifs is 2. The van der Waals surface area contributed by atoms with Gasteiger partial charge < -0.3 is 14.9 Å². The van der Waals surface area contributed by atoms with Crippen LogP contribution in [0.4, 0.5) is 15.8 Å². The van der Waals surface area contributed by atoms with Gasteiger partial charge in [0, 0.05) is 37.5 Å². The third kappa shape index (κ3) is 5.64. The molecule has 3 atom stereocenters. The quantitative estimate of drug-likeness (QED) is 0.344. The normalized spacial score (nSPS) is 20.1. The fourth-order valence-electron chi connectivity index (χ4n) is 6.00. The summed E-state index contributed by atoms with van der Waals surface area (Å²) < 4.78 is 14.6. The van der Waals surface area contributed by atoms with Crippen molar-refractivity contribution in [2.24, 2.45) is 17.8 Å². The number of amides is 1. The van der Waals surface area contributed by atoms with Crippen LogP contribution in [0.3, 0.4) is 0 Å². The number of nitrogens with zero attached hydrogens (tertiary/aromatic N) is 2. The number of halogens is 1. The average molecular weight is 513 g/mol. The van der Waals surface area contributed by atoms with Gasteiger partial charge in [-0.25, -0.2) is 9.18 Å². The van der Waals surface area contributed by atoms with Gasteiger partial charge in [0.2, 0.25) is 5.91 Å². The van der Waals surface area contributed by atoms with Crippen LogP contribution in [0.15, 0.2) is 72.8 Å². The minimum absolute atomic E-state index is 0.0271. The maximum absolute atomic E-state index is 14.6. The molecule has 0 saturated heterocycles. The molecule has 2 bridgehead atoms. The molecule has 0 heterocycles. The molecule has 3 aromatic carbocycles. The number of carboxylic acids is 1. The molecule has 5 nitrogen and oxygen atoms in total. The summed E-state index contributed by atoms with van der Waals surface area (Å²) >= 11 is 0. The van der Waals surface area contributed by atoms with E-state index in [4.69, 9.17) is 5.11 Å². The molecule has 6 heteroatoms. The second-order valence-electron chi connectivity index (χ2n) is 10.8. The van der Waals surface area contributed by atoms with Crippen LogP contribution in [-0.4, -0.2) is 31.1 Å². The van der Waals surface area contributed by atoms with Gasteiger partial charge in [0.05, 0.1) is 6.54 Å². The zero-order chi connectivity index (χ0) is 26.8. The maximum Gasteiger partial charge on any atom is 0.328 e. The summed E-state index contributed by atoms with van der Waals surface area (Å²) in [6, 6.07) is 20.8. The molecular weight excluding hydrogens is 479 g/mol. The first-order chi connectivity index (χ1) is 18.3. The molecule has 2 aliphatic rings. The first-order valence-electron chi connectivity index (χ1n) is 13.2. The molecule has 1 N–H and O–H groups in total. The minimum Gasteiger partial charge on any atom is -0.478 e. The molecule has 3 unspecified atom stereocenters. The van der Waals surface area contributed by atoms with Gasteiger partial charge in [0.1, 0.15) is 5.82 Å². The molecule has 196 valence electrons. The van der Waals surface area contributed by atoms with Crippen molar-refractivity contribution in [1.82, 2.24) is 0 Å². The zero-order valence-electron chi connectivity index (χ0n) is 21.8. The zero-order valence-corrected chi connectivity index (χ0v) is 21.8. The second-order valence-corrected chi connectivity index (χ2v) is 10.8. The number of anilines is 2. The number of carbonyl (C=O) groups excluding carboxylic acids is 1. The van der Waals surface area contributed by atoms with Crippen molar-refractivity contribution in [2.75, 3.05) is 23.9 Å². The molecule has 0 aliphatic heterocycles. The average Bonchev–Trinajstić information content (AvgIpc) is 3.54. The van der Waals surface area contributed by atoms with Gasteiger partial charge in [0.15, 0.2) is 0 Å². The molecule has 2 fully saturated rings. The van der Waals surface area contributed by atoms with Crippen molar-refractivity contribution in [2.45, 2.75) is 32.2 Å². The van der Waals surface area contributed by atoms with Crippen LogP contribution >= 0.6 is 0 Å². The lowest BCUT2D eigenvalue weighted by molar-refractivity contribution is -0.131. The highest BCUT2D eigenvalue weighted by Gasteiger charge is 2.44. The third-order valence-electron chi connectivity index (χ3n) is 7.97. The molecule has 0 aromatic heterocycles. The summed E-state index contributed by atoms with van der Waals surface area (Å²) in [7, 11) is 4.02. The van der Waals surface area contributed by atoms with Crippen LogP contribution in [-0.2, 0) is 16.1 Å². The lowest BCUT2D eigenvalue weighted by Gasteiger charge is -2.30. The highest BCUT2D eigenvalue weighted by Crippen LogP contribution is 2.49. The number of hydrogen-bond acceptors (Lipinski definition) is 3. The maximum atomic E-state index is 14.6. The number of carbonyl (C=O) groups is 2. The number of rotatable bonds is 8. The topological polar surface area (TPSA) is 60.9 Å². The Hall–Kier alpha value is -3.93. The lowest BCUT2D eigenvalue weighted by Crippen LogP contribution is -2.38. The fraction of sp³-hybridized carbons (Fsp3) is 0.312. The monoisotopic (exact) mass is 512 g/mol. The third-order valence-corrected chi connectivity index (χ3v) is 7.97. The Kier molecular flexibility index (Phi) is 7.32. The SMILES string of the molecule is CN(C)c1ccc(-c2ccc(CN(C(=O)C3CC4CCC3C4)c3cc(F)cc(C=CC(=O)O)c3)cc2)cc1. The van der Waals surface area contributed by atoms with E-state index >= 15 is 0 Å². The van der Waals surface area contributed by atoms with Crippen molar-refractivity contribution >= 4 is 29.3 Å². The molecule has 3 aromatic rings. The standard InChI is InChI=1S/C32H33FN2O3/c1-34(2)28-12-10-25(11-13-28)24-7-3-21(4-8-24)20-35(32(38)30-18-22-5-9-26(30)15-22)29-17-23(6-14-31(36)37)16-27(33)19-29/h3-4,6-8,10-14,16-17,19,22,26,30H,5,9,15,18,20H2,1-2H3,(H,36,37). The summed E-state index contributed by atoms with van der Waals surface area (Å²) in [6.07, 6.45) is 6.59. The van der Waals surface area contributed by atoms with Crippen molar-refractivity contribution in [1.29, 1.82) is 0 Å². The van der Waals surface area contributed by atoms with Crippen LogP contribution in [0.2, 0.25) is 0 Å². The van der Waals surface area contributed by atoms with Crippen LogP contribution in [0.5, 0.6) is 0 Å². The number of aliphatic carboxylic acids is 1. The predicted molar refractivity (Wildman–Crippen MR) is 149 cm³/mol. The van der Waals surface area contributed by atoms with Crippen LogP contribution in [0, 0.1) is 23.6 Å². The van der Waals surface area contributed by atoms with Crippen molar-refractivity contribution in [3.8, 4) is 11.1 Å². The molecule has 2 aliphatic carbocycles. The van der Waals surface area contributed by atoms with Gasteiger partial charge in [-0.3, -0.25) is 4.79 Å². The van der Waals surface area contributed by atoms with Crippen molar-refractivity contribution < 1.29 is 19.1 Å². The Morgan fingerprint density at radius 2 is 1.61 bits per heavy atom. The van der Waals surface area contributed by atoms with E-state index in [2.05, 4.69) is 29.2 Å². The molecule has 5 rings (SSSR count). The summed E-state index contributed by atoms with van der Waals surface area (Å²) in [6.45, 7) is 0.318. The molecule has 38 heavy (non-hydrogen) atoms. The van der Waals surface area contributed by atoms with Gasteiger partial charge in [0.25, 0.3) is 0 Å². The van der Waals surface area contributed by atoms with E-state index in [-0.39, 0.29) is 11.8 Å². The Bertz CT molecular complexity index is 1350. The van der Waals surface area contributed by atoms with Gasteiger partial charge in [-0.2, -0.15) is 0 Å². The highest BCUT2D eigenvalue weighted by atomic mass is 19.1. The van der Waals surface area contributed by atoms with Gasteiger partial charge in [-0.05, 0) is 89.8 Å². The second kappa shape index (κ2) is 10.8. The van der Waals surface area contributed by atoms with Gasteiger partial charge in [-0.15, -0.1) is 0 Å². The van der Waals surface area contributed by atoms with Gasteiger partial charge >= 0.3 is 5.97 Å². The van der Waals surface area contributed by atoms with E-state index < -0.39 is 11.8 Å². The first-order valence-corrected chi connectivity index (χ1v) is 13.2. The number of carboxylic acid groups (broad SMARTS) is 1. The molecular formula is C32H33FN2O3. The minimum atomic E-state index is -1.11. The molecule has 2 saturated carbocycles. The Morgan fingerprint density at radius 3 is 2.18 bits per heavy atom. The van der Waals surface area contributed by atoms with Crippen molar-refractivity contribution in [3.63, 3.8) is 0 Å². The first kappa shape index (κ1) is 25.7. The van der Waals surface area contributed by atoms with Crippen LogP contribution < -0.4 is 9.80 Å². The summed E-state index contributed by atoms with van der Waals surface area (Å²) in [4.78, 5) is 28.6. The Labute approximate surface area is 223 Å².